The minimum Gasteiger partial charge on any atom is -0.482 e. The van der Waals surface area contributed by atoms with Gasteiger partial charge in [0.25, 0.3) is 5.91 Å². The fourth-order valence-corrected chi connectivity index (χ4v) is 2.42. The van der Waals surface area contributed by atoms with Crippen LogP contribution in [0.4, 0.5) is 5.69 Å². The average Bonchev–Trinajstić information content (AvgIpc) is 2.40. The highest BCUT2D eigenvalue weighted by Gasteiger charge is 2.23. The Morgan fingerprint density at radius 3 is 3.06 bits per heavy atom. The van der Waals surface area contributed by atoms with E-state index in [-0.39, 0.29) is 18.6 Å². The second kappa shape index (κ2) is 5.63. The molecule has 1 amide bonds. The van der Waals surface area contributed by atoms with Crippen molar-refractivity contribution in [3.63, 3.8) is 0 Å². The molecular weight excluding hydrogens is 248 g/mol. The Bertz CT molecular complexity index is 451. The smallest absolute Gasteiger partial charge is 0.264 e. The van der Waals surface area contributed by atoms with Crippen LogP contribution in [0.15, 0.2) is 18.2 Å². The SMILES string of the molecule is CSCCC(N)c1ccc2c(c1)N(C)C(=O)CO2. The lowest BCUT2D eigenvalue weighted by Gasteiger charge is -2.27. The standard InChI is InChI=1S/C13H18N2O2S/c1-15-11-7-9(10(14)5-6-18-2)3-4-12(11)17-8-13(15)16/h3-4,7,10H,5-6,8,14H2,1-2H3. The summed E-state index contributed by atoms with van der Waals surface area (Å²) in [7, 11) is 1.76. The summed E-state index contributed by atoms with van der Waals surface area (Å²) >= 11 is 1.79. The summed E-state index contributed by atoms with van der Waals surface area (Å²) in [5, 5.41) is 0. The van der Waals surface area contributed by atoms with E-state index in [1.54, 1.807) is 23.7 Å². The van der Waals surface area contributed by atoms with E-state index in [1.165, 1.54) is 0 Å². The zero-order chi connectivity index (χ0) is 13.1. The Labute approximate surface area is 111 Å². The zero-order valence-corrected chi connectivity index (χ0v) is 11.5. The Morgan fingerprint density at radius 2 is 2.33 bits per heavy atom. The molecule has 1 heterocycles. The highest BCUT2D eigenvalue weighted by molar-refractivity contribution is 7.98. The average molecular weight is 266 g/mol. The molecule has 1 aliphatic heterocycles. The van der Waals surface area contributed by atoms with Gasteiger partial charge in [0.2, 0.25) is 0 Å². The van der Waals surface area contributed by atoms with Crippen molar-refractivity contribution in [1.82, 2.24) is 0 Å². The molecule has 0 fully saturated rings. The number of fused-ring (bicyclic) bond motifs is 1. The molecule has 1 aliphatic rings. The number of ether oxygens (including phenoxy) is 1. The molecule has 1 aromatic carbocycles. The second-order valence-electron chi connectivity index (χ2n) is 4.36. The molecule has 0 bridgehead atoms. The summed E-state index contributed by atoms with van der Waals surface area (Å²) in [5.74, 6) is 1.75. The number of hydrogen-bond donors (Lipinski definition) is 1. The number of rotatable bonds is 4. The van der Waals surface area contributed by atoms with Crippen molar-refractivity contribution in [3.05, 3.63) is 23.8 Å². The Balaban J connectivity index is 2.23. The van der Waals surface area contributed by atoms with Crippen molar-refractivity contribution in [2.45, 2.75) is 12.5 Å². The first-order valence-corrected chi connectivity index (χ1v) is 7.30. The van der Waals surface area contributed by atoms with Gasteiger partial charge >= 0.3 is 0 Å². The highest BCUT2D eigenvalue weighted by atomic mass is 32.2. The van der Waals surface area contributed by atoms with Crippen LogP contribution in [0.2, 0.25) is 0 Å². The van der Waals surface area contributed by atoms with Gasteiger partial charge in [-0.1, -0.05) is 6.07 Å². The van der Waals surface area contributed by atoms with Crippen molar-refractivity contribution < 1.29 is 9.53 Å². The van der Waals surface area contributed by atoms with Crippen LogP contribution in [0.1, 0.15) is 18.0 Å². The van der Waals surface area contributed by atoms with Crippen LogP contribution >= 0.6 is 11.8 Å². The Kier molecular flexibility index (Phi) is 4.14. The minimum absolute atomic E-state index is 0.00757. The van der Waals surface area contributed by atoms with E-state index in [0.29, 0.717) is 0 Å². The maximum atomic E-state index is 11.6. The maximum absolute atomic E-state index is 11.6. The van der Waals surface area contributed by atoms with Crippen LogP contribution in [0, 0.1) is 0 Å². The van der Waals surface area contributed by atoms with Crippen LogP contribution < -0.4 is 15.4 Å². The molecule has 0 aliphatic carbocycles. The molecular formula is C13H18N2O2S. The molecule has 1 atom stereocenters. The fraction of sp³-hybridized carbons (Fsp3) is 0.462. The number of benzene rings is 1. The van der Waals surface area contributed by atoms with Gasteiger partial charge in [-0.25, -0.2) is 0 Å². The second-order valence-corrected chi connectivity index (χ2v) is 5.34. The largest absolute Gasteiger partial charge is 0.482 e. The molecule has 0 saturated heterocycles. The van der Waals surface area contributed by atoms with E-state index in [9.17, 15) is 4.79 Å². The van der Waals surface area contributed by atoms with Crippen molar-refractivity contribution in [2.24, 2.45) is 5.73 Å². The molecule has 98 valence electrons. The van der Waals surface area contributed by atoms with Gasteiger partial charge < -0.3 is 15.4 Å². The van der Waals surface area contributed by atoms with E-state index in [4.69, 9.17) is 10.5 Å². The van der Waals surface area contributed by atoms with E-state index >= 15 is 0 Å². The van der Waals surface area contributed by atoms with Gasteiger partial charge in [-0.15, -0.1) is 0 Å². The van der Waals surface area contributed by atoms with Crippen LogP contribution in [0.5, 0.6) is 5.75 Å². The number of amides is 1. The van der Waals surface area contributed by atoms with Gasteiger partial charge in [0.1, 0.15) is 5.75 Å². The third-order valence-electron chi connectivity index (χ3n) is 3.13. The predicted molar refractivity (Wildman–Crippen MR) is 75.3 cm³/mol. The number of likely N-dealkylation sites (N-methyl/N-ethyl adjacent to an activating group) is 1. The van der Waals surface area contributed by atoms with Crippen LogP contribution in [-0.2, 0) is 4.79 Å². The number of nitrogens with two attached hydrogens (primary N) is 1. The zero-order valence-electron chi connectivity index (χ0n) is 10.7. The molecule has 18 heavy (non-hydrogen) atoms. The third kappa shape index (κ3) is 2.62. The van der Waals surface area contributed by atoms with Gasteiger partial charge in [0.05, 0.1) is 5.69 Å². The molecule has 2 N–H and O–H groups in total. The topological polar surface area (TPSA) is 55.6 Å². The summed E-state index contributed by atoms with van der Waals surface area (Å²) in [6.45, 7) is 0.112. The summed E-state index contributed by atoms with van der Waals surface area (Å²) in [4.78, 5) is 13.2. The quantitative estimate of drug-likeness (QED) is 0.903. The Hall–Kier alpha value is -1.20. The number of anilines is 1. The number of nitrogens with zero attached hydrogens (tertiary/aromatic N) is 1. The molecule has 1 aromatic rings. The third-order valence-corrected chi connectivity index (χ3v) is 3.77. The van der Waals surface area contributed by atoms with E-state index in [0.717, 1.165) is 29.2 Å². The molecule has 0 spiro atoms. The summed E-state index contributed by atoms with van der Waals surface area (Å²) < 4.78 is 5.39. The lowest BCUT2D eigenvalue weighted by atomic mass is 10.0. The van der Waals surface area contributed by atoms with E-state index in [2.05, 4.69) is 6.26 Å². The van der Waals surface area contributed by atoms with Gasteiger partial charge in [0, 0.05) is 13.1 Å². The molecule has 0 radical (unpaired) electrons. The monoisotopic (exact) mass is 266 g/mol. The summed E-state index contributed by atoms with van der Waals surface area (Å²) in [6.07, 6.45) is 3.00. The number of carbonyl (C=O) groups excluding carboxylic acids is 1. The van der Waals surface area contributed by atoms with Gasteiger partial charge in [-0.3, -0.25) is 4.79 Å². The predicted octanol–water partition coefficient (Wildman–Crippen LogP) is 1.79. The Morgan fingerprint density at radius 1 is 1.56 bits per heavy atom. The molecule has 4 nitrogen and oxygen atoms in total. The molecule has 5 heteroatoms. The molecule has 2 rings (SSSR count). The number of hydrogen-bond acceptors (Lipinski definition) is 4. The van der Waals surface area contributed by atoms with Crippen molar-refractivity contribution in [1.29, 1.82) is 0 Å². The number of carbonyl (C=O) groups is 1. The van der Waals surface area contributed by atoms with Gasteiger partial charge in [-0.05, 0) is 36.1 Å². The van der Waals surface area contributed by atoms with E-state index in [1.807, 2.05) is 18.2 Å². The first-order chi connectivity index (χ1) is 8.63. The molecule has 0 aromatic heterocycles. The van der Waals surface area contributed by atoms with Crippen LogP contribution in [0.25, 0.3) is 0 Å². The lowest BCUT2D eigenvalue weighted by molar-refractivity contribution is -0.120. The van der Waals surface area contributed by atoms with Crippen molar-refractivity contribution in [2.75, 3.05) is 30.6 Å². The van der Waals surface area contributed by atoms with E-state index < -0.39 is 0 Å². The first-order valence-electron chi connectivity index (χ1n) is 5.91. The van der Waals surface area contributed by atoms with Gasteiger partial charge in [0.15, 0.2) is 6.61 Å². The first kappa shape index (κ1) is 13.2. The van der Waals surface area contributed by atoms with Crippen molar-refractivity contribution in [3.8, 4) is 5.75 Å². The summed E-state index contributed by atoms with van der Waals surface area (Å²) in [5.41, 5.74) is 7.99. The normalized spacial score (nSPS) is 16.2. The maximum Gasteiger partial charge on any atom is 0.264 e. The minimum atomic E-state index is -0.0302. The number of thioether (sulfide) groups is 1. The van der Waals surface area contributed by atoms with Gasteiger partial charge in [-0.2, -0.15) is 11.8 Å². The van der Waals surface area contributed by atoms with Crippen LogP contribution in [0.3, 0.4) is 0 Å². The summed E-state index contributed by atoms with van der Waals surface area (Å²) in [6, 6.07) is 5.84. The van der Waals surface area contributed by atoms with Crippen LogP contribution in [-0.4, -0.2) is 31.6 Å². The van der Waals surface area contributed by atoms with Crippen molar-refractivity contribution >= 4 is 23.4 Å². The molecule has 0 saturated carbocycles. The molecule has 1 unspecified atom stereocenters. The lowest BCUT2D eigenvalue weighted by Crippen LogP contribution is -2.35. The fourth-order valence-electron chi connectivity index (χ4n) is 1.93. The highest BCUT2D eigenvalue weighted by Crippen LogP contribution is 2.33.